The third kappa shape index (κ3) is 1.88. The van der Waals surface area contributed by atoms with Gasteiger partial charge in [0, 0.05) is 26.2 Å². The number of aromatic nitrogens is 3. The van der Waals surface area contributed by atoms with Crippen LogP contribution in [-0.2, 0) is 0 Å². The molecule has 2 saturated heterocycles. The standard InChI is InChI=1S/C10H15N5O3/c16-8-4-14(5-9(8)17)10(18)7-3-15(13-12-7)6-1-11-2-6/h3,6,8-9,11,16-17H,1-2,4-5H2/t8-,9+. The second-order valence-corrected chi connectivity index (χ2v) is 4.74. The molecular weight excluding hydrogens is 238 g/mol. The molecule has 3 rings (SSSR count). The Morgan fingerprint density at radius 3 is 2.56 bits per heavy atom. The SMILES string of the molecule is O=C(c1cn(C2CNC2)nn1)N1C[C@@H](O)[C@@H](O)C1. The average molecular weight is 253 g/mol. The Labute approximate surface area is 103 Å². The second-order valence-electron chi connectivity index (χ2n) is 4.74. The Hall–Kier alpha value is -1.51. The number of nitrogens with zero attached hydrogens (tertiary/aromatic N) is 4. The fraction of sp³-hybridized carbons (Fsp3) is 0.700. The van der Waals surface area contributed by atoms with Gasteiger partial charge in [-0.05, 0) is 0 Å². The molecule has 8 nitrogen and oxygen atoms in total. The van der Waals surface area contributed by atoms with Crippen LogP contribution in [0.1, 0.15) is 16.5 Å². The Kier molecular flexibility index (Phi) is 2.77. The number of aliphatic hydroxyl groups excluding tert-OH is 2. The van der Waals surface area contributed by atoms with Crippen LogP contribution < -0.4 is 5.32 Å². The second kappa shape index (κ2) is 4.30. The molecule has 2 fully saturated rings. The molecule has 3 heterocycles. The first-order valence-corrected chi connectivity index (χ1v) is 5.93. The Morgan fingerprint density at radius 1 is 1.33 bits per heavy atom. The molecule has 0 saturated carbocycles. The molecule has 1 amide bonds. The zero-order valence-electron chi connectivity index (χ0n) is 9.73. The molecule has 2 aliphatic rings. The number of aliphatic hydroxyl groups is 2. The van der Waals surface area contributed by atoms with E-state index < -0.39 is 12.2 Å². The van der Waals surface area contributed by atoms with Crippen molar-refractivity contribution in [2.24, 2.45) is 0 Å². The number of rotatable bonds is 2. The molecule has 8 heteroatoms. The number of nitrogens with one attached hydrogen (secondary N) is 1. The zero-order valence-corrected chi connectivity index (χ0v) is 9.73. The summed E-state index contributed by atoms with van der Waals surface area (Å²) < 4.78 is 1.67. The lowest BCUT2D eigenvalue weighted by Crippen LogP contribution is -2.43. The molecule has 0 aliphatic carbocycles. The van der Waals surface area contributed by atoms with E-state index in [1.165, 1.54) is 4.90 Å². The Morgan fingerprint density at radius 2 is 2.00 bits per heavy atom. The van der Waals surface area contributed by atoms with Crippen molar-refractivity contribution in [3.05, 3.63) is 11.9 Å². The largest absolute Gasteiger partial charge is 0.388 e. The summed E-state index contributed by atoms with van der Waals surface area (Å²) in [5.41, 5.74) is 0.253. The van der Waals surface area contributed by atoms with Crippen LogP contribution in [0.15, 0.2) is 6.20 Å². The van der Waals surface area contributed by atoms with E-state index in [1.54, 1.807) is 10.9 Å². The van der Waals surface area contributed by atoms with Gasteiger partial charge in [-0.2, -0.15) is 0 Å². The fourth-order valence-electron chi connectivity index (χ4n) is 2.11. The number of carbonyl (C=O) groups is 1. The van der Waals surface area contributed by atoms with E-state index in [2.05, 4.69) is 15.6 Å². The van der Waals surface area contributed by atoms with Crippen LogP contribution in [-0.4, -0.2) is 74.4 Å². The lowest BCUT2D eigenvalue weighted by Gasteiger charge is -2.26. The van der Waals surface area contributed by atoms with Gasteiger partial charge in [0.2, 0.25) is 0 Å². The molecule has 0 bridgehead atoms. The zero-order chi connectivity index (χ0) is 12.7. The van der Waals surface area contributed by atoms with Gasteiger partial charge >= 0.3 is 0 Å². The average Bonchev–Trinajstić information content (AvgIpc) is 2.84. The molecule has 98 valence electrons. The van der Waals surface area contributed by atoms with E-state index in [1.807, 2.05) is 0 Å². The summed E-state index contributed by atoms with van der Waals surface area (Å²) in [6.07, 6.45) is -0.134. The highest BCUT2D eigenvalue weighted by Crippen LogP contribution is 2.15. The minimum Gasteiger partial charge on any atom is -0.388 e. The van der Waals surface area contributed by atoms with Crippen LogP contribution >= 0.6 is 0 Å². The fourth-order valence-corrected chi connectivity index (χ4v) is 2.11. The normalized spacial score (nSPS) is 28.4. The predicted molar refractivity (Wildman–Crippen MR) is 59.8 cm³/mol. The highest BCUT2D eigenvalue weighted by Gasteiger charge is 2.34. The first-order valence-electron chi connectivity index (χ1n) is 5.93. The molecular formula is C10H15N5O3. The monoisotopic (exact) mass is 253 g/mol. The highest BCUT2D eigenvalue weighted by atomic mass is 16.3. The van der Waals surface area contributed by atoms with Crippen molar-refractivity contribution in [1.82, 2.24) is 25.2 Å². The van der Waals surface area contributed by atoms with Crippen LogP contribution in [0, 0.1) is 0 Å². The molecule has 0 spiro atoms. The van der Waals surface area contributed by atoms with Gasteiger partial charge in [0.1, 0.15) is 0 Å². The predicted octanol–water partition coefficient (Wildman–Crippen LogP) is -2.40. The van der Waals surface area contributed by atoms with Gasteiger partial charge < -0.3 is 20.4 Å². The molecule has 18 heavy (non-hydrogen) atoms. The number of amides is 1. The first kappa shape index (κ1) is 11.6. The number of likely N-dealkylation sites (tertiary alicyclic amines) is 1. The van der Waals surface area contributed by atoms with Crippen molar-refractivity contribution in [1.29, 1.82) is 0 Å². The van der Waals surface area contributed by atoms with Crippen molar-refractivity contribution >= 4 is 5.91 Å². The maximum Gasteiger partial charge on any atom is 0.276 e. The van der Waals surface area contributed by atoms with Crippen molar-refractivity contribution in [2.45, 2.75) is 18.2 Å². The lowest BCUT2D eigenvalue weighted by atomic mass is 10.2. The smallest absolute Gasteiger partial charge is 0.276 e. The van der Waals surface area contributed by atoms with Crippen LogP contribution in [0.3, 0.4) is 0 Å². The molecule has 0 aromatic carbocycles. The number of hydrogen-bond donors (Lipinski definition) is 3. The van der Waals surface area contributed by atoms with E-state index in [0.717, 1.165) is 13.1 Å². The summed E-state index contributed by atoms with van der Waals surface area (Å²) in [5, 5.41) is 29.7. The minimum absolute atomic E-state index is 0.137. The first-order chi connectivity index (χ1) is 8.65. The van der Waals surface area contributed by atoms with Gasteiger partial charge in [0.15, 0.2) is 5.69 Å². The van der Waals surface area contributed by atoms with Crippen molar-refractivity contribution in [2.75, 3.05) is 26.2 Å². The van der Waals surface area contributed by atoms with Crippen LogP contribution in [0.5, 0.6) is 0 Å². The molecule has 0 unspecified atom stereocenters. The molecule has 1 aromatic rings. The maximum absolute atomic E-state index is 12.1. The minimum atomic E-state index is -0.875. The maximum atomic E-state index is 12.1. The van der Waals surface area contributed by atoms with Crippen molar-refractivity contribution in [3.8, 4) is 0 Å². The van der Waals surface area contributed by atoms with Crippen LogP contribution in [0.2, 0.25) is 0 Å². The topological polar surface area (TPSA) is 104 Å². The van der Waals surface area contributed by atoms with E-state index >= 15 is 0 Å². The molecule has 3 N–H and O–H groups in total. The summed E-state index contributed by atoms with van der Waals surface area (Å²) in [7, 11) is 0. The van der Waals surface area contributed by atoms with E-state index in [4.69, 9.17) is 0 Å². The summed E-state index contributed by atoms with van der Waals surface area (Å²) in [6.45, 7) is 1.94. The van der Waals surface area contributed by atoms with E-state index in [-0.39, 0.29) is 30.7 Å². The van der Waals surface area contributed by atoms with Gasteiger partial charge in [0.05, 0.1) is 24.4 Å². The lowest BCUT2D eigenvalue weighted by molar-refractivity contribution is 0.0572. The van der Waals surface area contributed by atoms with Gasteiger partial charge in [0.25, 0.3) is 5.91 Å². The summed E-state index contributed by atoms with van der Waals surface area (Å²) >= 11 is 0. The van der Waals surface area contributed by atoms with Gasteiger partial charge in [-0.15, -0.1) is 5.10 Å². The molecule has 2 atom stereocenters. The van der Waals surface area contributed by atoms with Gasteiger partial charge in [-0.1, -0.05) is 5.21 Å². The highest BCUT2D eigenvalue weighted by molar-refractivity contribution is 5.92. The van der Waals surface area contributed by atoms with Crippen molar-refractivity contribution < 1.29 is 15.0 Å². The quantitative estimate of drug-likeness (QED) is 0.543. The summed E-state index contributed by atoms with van der Waals surface area (Å²) in [5.74, 6) is -0.302. The molecule has 2 aliphatic heterocycles. The van der Waals surface area contributed by atoms with Crippen molar-refractivity contribution in [3.63, 3.8) is 0 Å². The van der Waals surface area contributed by atoms with Crippen LogP contribution in [0.25, 0.3) is 0 Å². The number of carbonyl (C=O) groups excluding carboxylic acids is 1. The third-order valence-corrected chi connectivity index (χ3v) is 3.41. The van der Waals surface area contributed by atoms with E-state index in [9.17, 15) is 15.0 Å². The number of hydrogen-bond acceptors (Lipinski definition) is 6. The third-order valence-electron chi connectivity index (χ3n) is 3.41. The summed E-state index contributed by atoms with van der Waals surface area (Å²) in [6, 6.07) is 0.258. The Bertz CT molecular complexity index is 448. The van der Waals surface area contributed by atoms with Gasteiger partial charge in [-0.25, -0.2) is 4.68 Å². The summed E-state index contributed by atoms with van der Waals surface area (Å²) in [4.78, 5) is 13.4. The number of β-amino-alcohol motifs (C(OH)–C–C–N with tert-alkyl or cyclic N) is 2. The van der Waals surface area contributed by atoms with Gasteiger partial charge in [-0.3, -0.25) is 4.79 Å². The molecule has 0 radical (unpaired) electrons. The van der Waals surface area contributed by atoms with E-state index in [0.29, 0.717) is 0 Å². The Balaban J connectivity index is 1.70. The van der Waals surface area contributed by atoms with Crippen LogP contribution in [0.4, 0.5) is 0 Å². The molecule has 1 aromatic heterocycles.